The molecule has 0 aliphatic rings. The number of alkyl carbamates (subject to hydrolysis) is 1. The summed E-state index contributed by atoms with van der Waals surface area (Å²) in [5, 5.41) is 3.97. The van der Waals surface area contributed by atoms with E-state index in [2.05, 4.69) is 40.8 Å². The molecule has 0 unspecified atom stereocenters. The number of rotatable bonds is 7. The van der Waals surface area contributed by atoms with Crippen LogP contribution >= 0.6 is 0 Å². The quantitative estimate of drug-likeness (QED) is 0.565. The number of nitrogens with one attached hydrogen (secondary N) is 1. The summed E-state index contributed by atoms with van der Waals surface area (Å²) < 4.78 is 7.63. The number of unbranched alkanes of at least 4 members (excludes halogenated alkanes) is 1. The third-order valence-corrected chi connectivity index (χ3v) is 4.60. The van der Waals surface area contributed by atoms with Gasteiger partial charge >= 0.3 is 6.09 Å². The van der Waals surface area contributed by atoms with Gasteiger partial charge in [0.2, 0.25) is 0 Å². The van der Waals surface area contributed by atoms with Crippen molar-refractivity contribution >= 4 is 28.0 Å². The van der Waals surface area contributed by atoms with Crippen LogP contribution < -0.4 is 5.32 Å². The van der Waals surface area contributed by atoms with Crippen molar-refractivity contribution in [2.24, 2.45) is 5.92 Å². The molecule has 1 aromatic carbocycles. The number of carbonyl (C=O) groups is 1. The minimum absolute atomic E-state index is 0.359. The normalized spacial score (nSPS) is 12.1. The third-order valence-electron chi connectivity index (χ3n) is 4.60. The number of hydrogen-bond donors (Lipinski definition) is 1. The summed E-state index contributed by atoms with van der Waals surface area (Å²) in [5.41, 5.74) is 2.65. The molecule has 3 rings (SSSR count). The molecule has 0 saturated heterocycles. The monoisotopic (exact) mass is 396 g/mol. The Kier molecular flexibility index (Phi) is 6.40. The van der Waals surface area contributed by atoms with Crippen LogP contribution in [-0.4, -0.2) is 32.8 Å². The molecule has 0 spiro atoms. The van der Waals surface area contributed by atoms with Gasteiger partial charge in [0.05, 0.1) is 17.2 Å². The summed E-state index contributed by atoms with van der Waals surface area (Å²) >= 11 is 0. The second-order valence-electron chi connectivity index (χ2n) is 8.93. The molecule has 6 heteroatoms. The molecule has 3 aromatic rings. The van der Waals surface area contributed by atoms with E-state index in [9.17, 15) is 4.79 Å². The maximum atomic E-state index is 11.8. The van der Waals surface area contributed by atoms with Crippen LogP contribution in [0.1, 0.15) is 53.3 Å². The first kappa shape index (κ1) is 21.1. The van der Waals surface area contributed by atoms with E-state index in [-0.39, 0.29) is 6.09 Å². The van der Waals surface area contributed by atoms with Crippen LogP contribution in [0.5, 0.6) is 0 Å². The Labute approximate surface area is 172 Å². The number of amides is 1. The lowest BCUT2D eigenvalue weighted by Crippen LogP contribution is -2.33. The van der Waals surface area contributed by atoms with Crippen LogP contribution in [0, 0.1) is 5.92 Å². The summed E-state index contributed by atoms with van der Waals surface area (Å²) in [5.74, 6) is 1.61. The van der Waals surface area contributed by atoms with Crippen molar-refractivity contribution in [2.45, 2.75) is 66.0 Å². The predicted octanol–water partition coefficient (Wildman–Crippen LogP) is 5.09. The molecule has 156 valence electrons. The molecular weight excluding hydrogens is 364 g/mol. The highest BCUT2D eigenvalue weighted by Gasteiger charge is 2.16. The molecular formula is C23H32N4O2. The van der Waals surface area contributed by atoms with Crippen LogP contribution in [0.15, 0.2) is 30.5 Å². The van der Waals surface area contributed by atoms with E-state index in [1.165, 1.54) is 5.52 Å². The molecule has 0 aliphatic carbocycles. The topological polar surface area (TPSA) is 69.0 Å². The van der Waals surface area contributed by atoms with Crippen molar-refractivity contribution in [1.29, 1.82) is 0 Å². The molecule has 0 aliphatic heterocycles. The summed E-state index contributed by atoms with van der Waals surface area (Å²) in [6, 6.07) is 8.24. The Hall–Kier alpha value is -2.63. The molecule has 1 amide bonds. The number of fused-ring (bicyclic) bond motifs is 3. The fourth-order valence-electron chi connectivity index (χ4n) is 3.48. The Bertz CT molecular complexity index is 986. The minimum Gasteiger partial charge on any atom is -0.444 e. The van der Waals surface area contributed by atoms with Crippen LogP contribution in [-0.2, 0) is 17.7 Å². The van der Waals surface area contributed by atoms with Gasteiger partial charge in [-0.25, -0.2) is 9.78 Å². The van der Waals surface area contributed by atoms with Crippen molar-refractivity contribution < 1.29 is 9.53 Å². The molecule has 0 fully saturated rings. The van der Waals surface area contributed by atoms with E-state index in [0.717, 1.165) is 48.1 Å². The Morgan fingerprint density at radius 3 is 2.66 bits per heavy atom. The number of imidazole rings is 1. The second kappa shape index (κ2) is 8.80. The average Bonchev–Trinajstić information content (AvgIpc) is 2.97. The van der Waals surface area contributed by atoms with Crippen molar-refractivity contribution in [1.82, 2.24) is 19.9 Å². The van der Waals surface area contributed by atoms with Gasteiger partial charge in [-0.1, -0.05) is 32.0 Å². The summed E-state index contributed by atoms with van der Waals surface area (Å²) in [7, 11) is 0. The van der Waals surface area contributed by atoms with Crippen LogP contribution in [0.25, 0.3) is 21.9 Å². The molecule has 0 radical (unpaired) electrons. The predicted molar refractivity (Wildman–Crippen MR) is 117 cm³/mol. The minimum atomic E-state index is -0.470. The van der Waals surface area contributed by atoms with E-state index in [4.69, 9.17) is 9.72 Å². The summed E-state index contributed by atoms with van der Waals surface area (Å²) in [6.45, 7) is 11.6. The first-order chi connectivity index (χ1) is 13.7. The number of pyridine rings is 1. The van der Waals surface area contributed by atoms with Crippen molar-refractivity contribution in [2.75, 3.05) is 6.54 Å². The number of nitrogens with zero attached hydrogens (tertiary/aromatic N) is 3. The van der Waals surface area contributed by atoms with Gasteiger partial charge in [0.15, 0.2) is 0 Å². The third kappa shape index (κ3) is 5.46. The number of carbonyl (C=O) groups excluding carboxylic acids is 1. The van der Waals surface area contributed by atoms with Crippen molar-refractivity contribution in [3.8, 4) is 0 Å². The Morgan fingerprint density at radius 1 is 1.17 bits per heavy atom. The van der Waals surface area contributed by atoms with Gasteiger partial charge in [0, 0.05) is 24.9 Å². The highest BCUT2D eigenvalue weighted by molar-refractivity contribution is 6.02. The van der Waals surface area contributed by atoms with Gasteiger partial charge in [-0.3, -0.25) is 4.98 Å². The van der Waals surface area contributed by atoms with E-state index >= 15 is 0 Å². The van der Waals surface area contributed by atoms with E-state index < -0.39 is 5.60 Å². The maximum absolute atomic E-state index is 11.8. The molecule has 6 nitrogen and oxygen atoms in total. The lowest BCUT2D eigenvalue weighted by molar-refractivity contribution is 0.0527. The maximum Gasteiger partial charge on any atom is 0.407 e. The largest absolute Gasteiger partial charge is 0.444 e. The fourth-order valence-corrected chi connectivity index (χ4v) is 3.48. The van der Waals surface area contributed by atoms with Gasteiger partial charge < -0.3 is 14.6 Å². The zero-order valence-corrected chi connectivity index (χ0v) is 18.2. The van der Waals surface area contributed by atoms with E-state index in [1.54, 1.807) is 0 Å². The standard InChI is InChI=1S/C23H32N4O2/c1-16(2)15-27-20(12-8-9-13-24-22(28)29-23(3,4)5)26-19-14-25-18-11-7-6-10-17(18)21(19)27/h6-7,10-11,14,16H,8-9,12-13,15H2,1-5H3,(H,24,28). The lowest BCUT2D eigenvalue weighted by atomic mass is 10.1. The van der Waals surface area contributed by atoms with E-state index in [1.807, 2.05) is 39.1 Å². The van der Waals surface area contributed by atoms with Crippen molar-refractivity contribution in [3.63, 3.8) is 0 Å². The van der Waals surface area contributed by atoms with Gasteiger partial charge in [-0.2, -0.15) is 0 Å². The van der Waals surface area contributed by atoms with Crippen LogP contribution in [0.3, 0.4) is 0 Å². The lowest BCUT2D eigenvalue weighted by Gasteiger charge is -2.19. The Morgan fingerprint density at radius 2 is 1.93 bits per heavy atom. The van der Waals surface area contributed by atoms with Crippen LogP contribution in [0.4, 0.5) is 4.79 Å². The summed E-state index contributed by atoms with van der Waals surface area (Å²) in [6.07, 6.45) is 4.21. The first-order valence-corrected chi connectivity index (χ1v) is 10.4. The number of hydrogen-bond acceptors (Lipinski definition) is 4. The van der Waals surface area contributed by atoms with Gasteiger partial charge in [-0.05, 0) is 45.6 Å². The average molecular weight is 397 g/mol. The number of aryl methyl sites for hydroxylation is 1. The highest BCUT2D eigenvalue weighted by atomic mass is 16.6. The second-order valence-corrected chi connectivity index (χ2v) is 8.93. The smallest absolute Gasteiger partial charge is 0.407 e. The van der Waals surface area contributed by atoms with Gasteiger partial charge in [0.1, 0.15) is 16.9 Å². The fraction of sp³-hybridized carbons (Fsp3) is 0.522. The SMILES string of the molecule is CC(C)Cn1c(CCCCNC(=O)OC(C)(C)C)nc2cnc3ccccc3c21. The van der Waals surface area contributed by atoms with Crippen molar-refractivity contribution in [3.05, 3.63) is 36.3 Å². The van der Waals surface area contributed by atoms with Gasteiger partial charge in [0.25, 0.3) is 0 Å². The molecule has 0 bridgehead atoms. The molecule has 0 saturated carbocycles. The summed E-state index contributed by atoms with van der Waals surface area (Å²) in [4.78, 5) is 21.2. The molecule has 2 aromatic heterocycles. The zero-order chi connectivity index (χ0) is 21.0. The molecule has 1 N–H and O–H groups in total. The number of aromatic nitrogens is 3. The van der Waals surface area contributed by atoms with Gasteiger partial charge in [-0.15, -0.1) is 0 Å². The van der Waals surface area contributed by atoms with E-state index in [0.29, 0.717) is 12.5 Å². The zero-order valence-electron chi connectivity index (χ0n) is 18.2. The molecule has 29 heavy (non-hydrogen) atoms. The highest BCUT2D eigenvalue weighted by Crippen LogP contribution is 2.26. The molecule has 2 heterocycles. The van der Waals surface area contributed by atoms with Crippen LogP contribution in [0.2, 0.25) is 0 Å². The number of benzene rings is 1. The molecule has 0 atom stereocenters. The Balaban J connectivity index is 1.70. The first-order valence-electron chi connectivity index (χ1n) is 10.4. The number of para-hydroxylation sites is 1. The number of ether oxygens (including phenoxy) is 1.